The number of nitrogens with zero attached hydrogens (tertiary/aromatic N) is 3. The van der Waals surface area contributed by atoms with Crippen molar-refractivity contribution >= 4 is 34.0 Å². The quantitative estimate of drug-likeness (QED) is 0.167. The topological polar surface area (TPSA) is 43.9 Å². The van der Waals surface area contributed by atoms with Gasteiger partial charge >= 0.3 is 0 Å². The Morgan fingerprint density at radius 3 is 1.40 bits per heavy atom. The molecule has 0 unspecified atom stereocenters. The van der Waals surface area contributed by atoms with Gasteiger partial charge in [0.2, 0.25) is 11.8 Å². The zero-order chi connectivity index (χ0) is 49.6. The molecule has 4 aliphatic carbocycles. The monoisotopic (exact) mass is 959 g/mol. The molecule has 4 heteroatoms. The Labute approximate surface area is 436 Å². The maximum absolute atomic E-state index is 6.70. The Morgan fingerprint density at radius 2 is 0.840 bits per heavy atom. The molecule has 10 aromatic carbocycles. The van der Waals surface area contributed by atoms with E-state index in [1.54, 1.807) is 0 Å². The van der Waals surface area contributed by atoms with E-state index in [1.807, 2.05) is 6.08 Å². The molecule has 2 heterocycles. The lowest BCUT2D eigenvalue weighted by atomic mass is 9.52. The molecule has 0 N–H and O–H groups in total. The van der Waals surface area contributed by atoms with Gasteiger partial charge in [0.25, 0.3) is 0 Å². The van der Waals surface area contributed by atoms with Crippen molar-refractivity contribution in [3.8, 4) is 50.5 Å². The molecule has 0 aliphatic heterocycles. The molecule has 12 aromatic rings. The van der Waals surface area contributed by atoms with Crippen LogP contribution in [-0.4, -0.2) is 14.8 Å². The molecule has 75 heavy (non-hydrogen) atoms. The molecule has 0 bridgehead atoms. The summed E-state index contributed by atoms with van der Waals surface area (Å²) in [5.74, 6) is 0.957. The first kappa shape index (κ1) is 42.4. The molecule has 2 spiro atoms. The molecule has 16 rings (SSSR count). The number of hydrogen-bond donors (Lipinski definition) is 0. The van der Waals surface area contributed by atoms with Crippen LogP contribution in [0.3, 0.4) is 0 Å². The lowest BCUT2D eigenvalue weighted by molar-refractivity contribution is 0.490. The van der Waals surface area contributed by atoms with Crippen LogP contribution in [0.5, 0.6) is 0 Å². The van der Waals surface area contributed by atoms with Crippen LogP contribution in [-0.2, 0) is 16.2 Å². The summed E-state index contributed by atoms with van der Waals surface area (Å²) in [5.41, 5.74) is 25.1. The van der Waals surface area contributed by atoms with Crippen molar-refractivity contribution in [1.29, 1.82) is 0 Å². The molecule has 0 saturated carbocycles. The lowest BCUT2D eigenvalue weighted by Crippen LogP contribution is -2.43. The molecule has 0 atom stereocenters. The van der Waals surface area contributed by atoms with Crippen LogP contribution in [0.15, 0.2) is 229 Å². The Kier molecular flexibility index (Phi) is 8.74. The number of fused-ring (bicyclic) bond motifs is 22. The summed E-state index contributed by atoms with van der Waals surface area (Å²) in [6, 6.07) is 83.9. The van der Waals surface area contributed by atoms with Crippen molar-refractivity contribution in [3.05, 3.63) is 292 Å². The summed E-state index contributed by atoms with van der Waals surface area (Å²) < 4.78 is 9.14. The highest BCUT2D eigenvalue weighted by Crippen LogP contribution is 2.67. The second-order valence-corrected chi connectivity index (χ2v) is 21.0. The summed E-state index contributed by atoms with van der Waals surface area (Å²) in [7, 11) is 0. The highest BCUT2D eigenvalue weighted by atomic mass is 16.4. The fourth-order valence-corrected chi connectivity index (χ4v) is 14.9. The third kappa shape index (κ3) is 5.35. The van der Waals surface area contributed by atoms with Crippen LogP contribution >= 0.6 is 0 Å². The number of para-hydroxylation sites is 2. The van der Waals surface area contributed by atoms with Crippen molar-refractivity contribution in [2.24, 2.45) is 0 Å². The van der Waals surface area contributed by atoms with Gasteiger partial charge in [-0.25, -0.2) is 0 Å². The Bertz CT molecular complexity index is 4280. The number of aromatic nitrogens is 3. The minimum atomic E-state index is -0.609. The van der Waals surface area contributed by atoms with Crippen LogP contribution < -0.4 is 0 Å². The van der Waals surface area contributed by atoms with Gasteiger partial charge in [0, 0.05) is 33.5 Å². The SMILES string of the molecule is CCC1(CC)c2cc(/C=C/c3nnc(-c4ccc5c(c4)C4(c6ccccc6-c6ccccc64)c4ccccc4C54c5ccccc5-c5ccccc54)o3)ccc2-c2ccc(-n3c4ccccc4c4ccccc43)cc21. The molecular formula is C71H49N3O. The largest absolute Gasteiger partial charge is 0.417 e. The van der Waals surface area contributed by atoms with Gasteiger partial charge in [0.05, 0.1) is 21.9 Å². The normalized spacial score (nSPS) is 15.2. The molecule has 4 nitrogen and oxygen atoms in total. The van der Waals surface area contributed by atoms with Gasteiger partial charge < -0.3 is 8.98 Å². The van der Waals surface area contributed by atoms with Crippen molar-refractivity contribution in [2.45, 2.75) is 42.9 Å². The van der Waals surface area contributed by atoms with Gasteiger partial charge in [0.1, 0.15) is 0 Å². The van der Waals surface area contributed by atoms with E-state index in [0.717, 1.165) is 24.0 Å². The van der Waals surface area contributed by atoms with E-state index in [2.05, 4.69) is 254 Å². The third-order valence-electron chi connectivity index (χ3n) is 18.0. The fourth-order valence-electron chi connectivity index (χ4n) is 14.9. The molecular weight excluding hydrogens is 911 g/mol. The Balaban J connectivity index is 0.811. The van der Waals surface area contributed by atoms with Crippen LogP contribution in [0, 0.1) is 0 Å². The van der Waals surface area contributed by atoms with Crippen molar-refractivity contribution in [1.82, 2.24) is 14.8 Å². The van der Waals surface area contributed by atoms with E-state index in [4.69, 9.17) is 9.52 Å². The predicted molar refractivity (Wildman–Crippen MR) is 304 cm³/mol. The Morgan fingerprint density at radius 1 is 0.387 bits per heavy atom. The number of benzene rings is 10. The summed E-state index contributed by atoms with van der Waals surface area (Å²) >= 11 is 0. The first-order valence-corrected chi connectivity index (χ1v) is 26.5. The molecule has 354 valence electrons. The van der Waals surface area contributed by atoms with Crippen LogP contribution in [0.1, 0.15) is 93.8 Å². The highest BCUT2D eigenvalue weighted by molar-refractivity contribution is 6.09. The van der Waals surface area contributed by atoms with Crippen molar-refractivity contribution < 1.29 is 4.42 Å². The minimum Gasteiger partial charge on any atom is -0.417 e. The van der Waals surface area contributed by atoms with E-state index >= 15 is 0 Å². The van der Waals surface area contributed by atoms with Gasteiger partial charge in [-0.2, -0.15) is 0 Å². The zero-order valence-corrected chi connectivity index (χ0v) is 41.7. The van der Waals surface area contributed by atoms with Gasteiger partial charge in [-0.05, 0) is 150 Å². The summed E-state index contributed by atoms with van der Waals surface area (Å²) in [6.45, 7) is 4.68. The first-order chi connectivity index (χ1) is 37.1. The summed E-state index contributed by atoms with van der Waals surface area (Å²) in [6.07, 6.45) is 6.09. The number of rotatable bonds is 6. The average molecular weight is 960 g/mol. The number of hydrogen-bond acceptors (Lipinski definition) is 3. The first-order valence-electron chi connectivity index (χ1n) is 26.5. The minimum absolute atomic E-state index is 0.132. The highest BCUT2D eigenvalue weighted by Gasteiger charge is 2.59. The maximum atomic E-state index is 6.70. The van der Waals surface area contributed by atoms with Crippen molar-refractivity contribution in [2.75, 3.05) is 0 Å². The van der Waals surface area contributed by atoms with E-state index in [1.165, 1.54) is 117 Å². The molecule has 0 amide bonds. The smallest absolute Gasteiger partial charge is 0.248 e. The molecule has 0 fully saturated rings. The van der Waals surface area contributed by atoms with Crippen molar-refractivity contribution in [3.63, 3.8) is 0 Å². The second kappa shape index (κ2) is 15.5. The second-order valence-electron chi connectivity index (χ2n) is 21.0. The van der Waals surface area contributed by atoms with E-state index in [-0.39, 0.29) is 5.41 Å². The molecule has 4 aliphatic rings. The molecule has 0 radical (unpaired) electrons. The maximum Gasteiger partial charge on any atom is 0.248 e. The predicted octanol–water partition coefficient (Wildman–Crippen LogP) is 17.1. The van der Waals surface area contributed by atoms with Crippen LogP contribution in [0.2, 0.25) is 0 Å². The fraction of sp³-hybridized carbons (Fsp3) is 0.0986. The van der Waals surface area contributed by atoms with E-state index in [0.29, 0.717) is 11.8 Å². The van der Waals surface area contributed by atoms with E-state index < -0.39 is 10.8 Å². The van der Waals surface area contributed by atoms with Crippen LogP contribution in [0.25, 0.3) is 84.5 Å². The Hall–Kier alpha value is -9.12. The van der Waals surface area contributed by atoms with Gasteiger partial charge in [-0.15, -0.1) is 10.2 Å². The molecule has 0 saturated heterocycles. The van der Waals surface area contributed by atoms with Gasteiger partial charge in [-0.1, -0.05) is 202 Å². The van der Waals surface area contributed by atoms with Gasteiger partial charge in [-0.3, -0.25) is 0 Å². The zero-order valence-electron chi connectivity index (χ0n) is 41.7. The standard InChI is InChI=1S/C71H49N3O/c1-3-69(4-2)62-41-44(33-37-51(62)52-38-36-46(43-63(52)69)74-65-31-17-9-23-53(65)54-24-10-18-32-66(54)74)34-40-67-72-73-68(75-67)45-35-39-61-64(42-45)71(57-27-13-7-21-49(57)50-22-8-14-28-58(50)71)60-30-16-15-29-59(60)70(61)55-25-11-5-19-47(55)48-20-6-12-26-56(48)70/h5-43H,3-4H2,1-2H3/b40-34+. The lowest BCUT2D eigenvalue weighted by Gasteiger charge is -2.49. The van der Waals surface area contributed by atoms with Gasteiger partial charge in [0.15, 0.2) is 0 Å². The van der Waals surface area contributed by atoms with E-state index in [9.17, 15) is 0 Å². The summed E-state index contributed by atoms with van der Waals surface area (Å²) in [5, 5.41) is 12.0. The molecule has 2 aromatic heterocycles. The third-order valence-corrected chi connectivity index (χ3v) is 18.0. The van der Waals surface area contributed by atoms with Crippen LogP contribution in [0.4, 0.5) is 0 Å². The summed E-state index contributed by atoms with van der Waals surface area (Å²) in [4.78, 5) is 0. The average Bonchev–Trinajstić information content (AvgIpc) is 4.38.